The van der Waals surface area contributed by atoms with Gasteiger partial charge in [0.1, 0.15) is 6.33 Å². The molecule has 0 N–H and O–H groups in total. The summed E-state index contributed by atoms with van der Waals surface area (Å²) in [5.41, 5.74) is 3.10. The van der Waals surface area contributed by atoms with E-state index < -0.39 is 20.0 Å². The number of sulfonamides is 1. The van der Waals surface area contributed by atoms with Crippen LogP contribution in [0.1, 0.15) is 43.7 Å². The molecule has 0 spiro atoms. The molecule has 1 atom stereocenters. The molecule has 0 amide bonds. The maximum Gasteiger partial charge on any atom is 0.269 e. The van der Waals surface area contributed by atoms with Crippen LogP contribution in [-0.4, -0.2) is 42.7 Å². The Kier molecular flexibility index (Phi) is 5.70. The lowest BCUT2D eigenvalue weighted by atomic mass is 10.0. The van der Waals surface area contributed by atoms with Gasteiger partial charge in [0.05, 0.1) is 20.8 Å². The summed E-state index contributed by atoms with van der Waals surface area (Å²) in [6.07, 6.45) is 4.78. The molecule has 2 heterocycles. The van der Waals surface area contributed by atoms with Crippen LogP contribution in [0.2, 0.25) is 0 Å². The molecule has 7 nitrogen and oxygen atoms in total. The fraction of sp³-hybridized carbons (Fsp3) is 0.409. The number of aromatic nitrogens is 2. The van der Waals surface area contributed by atoms with Gasteiger partial charge in [0.15, 0.2) is 0 Å². The lowest BCUT2D eigenvalue weighted by molar-refractivity contribution is 0.246. The van der Waals surface area contributed by atoms with E-state index in [1.54, 1.807) is 10.4 Å². The summed E-state index contributed by atoms with van der Waals surface area (Å²) in [5.74, 6) is 0. The maximum atomic E-state index is 13.2. The fourth-order valence-electron chi connectivity index (χ4n) is 4.16. The van der Waals surface area contributed by atoms with Gasteiger partial charge in [-0.25, -0.2) is 25.8 Å². The van der Waals surface area contributed by atoms with Crippen LogP contribution in [0.25, 0.3) is 11.0 Å². The first-order chi connectivity index (χ1) is 14.7. The summed E-state index contributed by atoms with van der Waals surface area (Å²) in [4.78, 5) is 4.37. The Morgan fingerprint density at radius 2 is 1.55 bits per heavy atom. The molecular formula is C22H27N3O4S2. The van der Waals surface area contributed by atoms with Crippen LogP contribution < -0.4 is 0 Å². The van der Waals surface area contributed by atoms with Crippen molar-refractivity contribution in [2.75, 3.05) is 6.54 Å². The van der Waals surface area contributed by atoms with Gasteiger partial charge >= 0.3 is 0 Å². The molecule has 4 rings (SSSR count). The average Bonchev–Trinajstić information content (AvgIpc) is 3.17. The highest BCUT2D eigenvalue weighted by molar-refractivity contribution is 7.90. The van der Waals surface area contributed by atoms with E-state index in [0.29, 0.717) is 17.6 Å². The summed E-state index contributed by atoms with van der Waals surface area (Å²) >= 11 is 0. The quantitative estimate of drug-likeness (QED) is 0.576. The number of aryl methyl sites for hydroxylation is 2. The van der Waals surface area contributed by atoms with Gasteiger partial charge in [0, 0.05) is 12.6 Å². The second-order valence-electron chi connectivity index (χ2n) is 8.12. The second-order valence-corrected chi connectivity index (χ2v) is 11.8. The van der Waals surface area contributed by atoms with Crippen LogP contribution in [0.3, 0.4) is 0 Å². The van der Waals surface area contributed by atoms with Crippen molar-refractivity contribution < 1.29 is 16.8 Å². The third-order valence-corrected chi connectivity index (χ3v) is 9.80. The monoisotopic (exact) mass is 461 g/mol. The third-order valence-electron chi connectivity index (χ3n) is 6.16. The summed E-state index contributed by atoms with van der Waals surface area (Å²) in [6, 6.07) is 9.15. The normalized spacial score (nSPS) is 18.5. The Morgan fingerprint density at radius 3 is 2.19 bits per heavy atom. The molecule has 1 aliphatic heterocycles. The first-order valence-electron chi connectivity index (χ1n) is 10.5. The molecule has 0 aliphatic carbocycles. The summed E-state index contributed by atoms with van der Waals surface area (Å²) in [7, 11) is -7.57. The fourth-order valence-corrected chi connectivity index (χ4v) is 7.22. The standard InChI is InChI=1S/C22H27N3O4S2/c1-4-18-7-5-6-12-24(18)30(26,27)19-8-10-20(11-9-19)31(28,29)25-15-23-21-13-16(2)17(3)14-22(21)25/h8-11,13-15,18H,4-7,12H2,1-3H3. The number of piperidine rings is 1. The van der Waals surface area contributed by atoms with Gasteiger partial charge in [0.2, 0.25) is 10.0 Å². The second kappa shape index (κ2) is 8.03. The van der Waals surface area contributed by atoms with Gasteiger partial charge in [-0.15, -0.1) is 0 Å². The topological polar surface area (TPSA) is 89.3 Å². The highest BCUT2D eigenvalue weighted by Gasteiger charge is 2.32. The number of hydrogen-bond acceptors (Lipinski definition) is 5. The van der Waals surface area contributed by atoms with Crippen molar-refractivity contribution in [1.82, 2.24) is 13.3 Å². The minimum absolute atomic E-state index is 0.00818. The largest absolute Gasteiger partial charge is 0.269 e. The number of nitrogens with zero attached hydrogens (tertiary/aromatic N) is 3. The van der Waals surface area contributed by atoms with E-state index in [-0.39, 0.29) is 15.8 Å². The van der Waals surface area contributed by atoms with E-state index in [9.17, 15) is 16.8 Å². The van der Waals surface area contributed by atoms with E-state index in [0.717, 1.165) is 40.8 Å². The van der Waals surface area contributed by atoms with Crippen molar-refractivity contribution in [2.45, 2.75) is 62.3 Å². The summed E-state index contributed by atoms with van der Waals surface area (Å²) in [5, 5.41) is 0. The molecule has 1 fully saturated rings. The lowest BCUT2D eigenvalue weighted by Crippen LogP contribution is -2.43. The highest BCUT2D eigenvalue weighted by atomic mass is 32.2. The van der Waals surface area contributed by atoms with Crippen molar-refractivity contribution >= 4 is 31.1 Å². The Labute approximate surface area is 183 Å². The van der Waals surface area contributed by atoms with E-state index in [4.69, 9.17) is 0 Å². The smallest absolute Gasteiger partial charge is 0.236 e. The Hall–Kier alpha value is -2.23. The Balaban J connectivity index is 1.70. The Morgan fingerprint density at radius 1 is 0.935 bits per heavy atom. The molecule has 1 aliphatic rings. The highest BCUT2D eigenvalue weighted by Crippen LogP contribution is 2.28. The van der Waals surface area contributed by atoms with Gasteiger partial charge in [0.25, 0.3) is 10.0 Å². The van der Waals surface area contributed by atoms with Crippen molar-refractivity contribution in [1.29, 1.82) is 0 Å². The van der Waals surface area contributed by atoms with Crippen molar-refractivity contribution in [3.63, 3.8) is 0 Å². The molecule has 2 aromatic carbocycles. The van der Waals surface area contributed by atoms with Crippen LogP contribution in [-0.2, 0) is 20.0 Å². The predicted molar refractivity (Wildman–Crippen MR) is 120 cm³/mol. The number of benzene rings is 2. The zero-order valence-electron chi connectivity index (χ0n) is 17.9. The average molecular weight is 462 g/mol. The van der Waals surface area contributed by atoms with Crippen molar-refractivity contribution in [2.24, 2.45) is 0 Å². The van der Waals surface area contributed by atoms with E-state index >= 15 is 0 Å². The maximum absolute atomic E-state index is 13.2. The molecule has 3 aromatic rings. The molecule has 0 saturated carbocycles. The first-order valence-corrected chi connectivity index (χ1v) is 13.4. The van der Waals surface area contributed by atoms with Crippen LogP contribution in [0.15, 0.2) is 52.5 Å². The number of fused-ring (bicyclic) bond motifs is 1. The number of hydrogen-bond donors (Lipinski definition) is 0. The summed E-state index contributed by atoms with van der Waals surface area (Å²) < 4.78 is 55.5. The minimum Gasteiger partial charge on any atom is -0.236 e. The molecule has 31 heavy (non-hydrogen) atoms. The summed E-state index contributed by atoms with van der Waals surface area (Å²) in [6.45, 7) is 6.36. The van der Waals surface area contributed by atoms with Gasteiger partial charge in [-0.05, 0) is 80.6 Å². The molecule has 1 saturated heterocycles. The van der Waals surface area contributed by atoms with Crippen molar-refractivity contribution in [3.8, 4) is 0 Å². The van der Waals surface area contributed by atoms with Crippen LogP contribution in [0.5, 0.6) is 0 Å². The SMILES string of the molecule is CCC1CCCCN1S(=O)(=O)c1ccc(S(=O)(=O)n2cnc3cc(C)c(C)cc32)cc1. The zero-order chi connectivity index (χ0) is 22.4. The number of imidazole rings is 1. The molecule has 9 heteroatoms. The Bertz CT molecular complexity index is 1330. The molecule has 1 aromatic heterocycles. The molecule has 0 bridgehead atoms. The molecular weight excluding hydrogens is 434 g/mol. The molecule has 1 unspecified atom stereocenters. The van der Waals surface area contributed by atoms with E-state index in [1.807, 2.05) is 26.8 Å². The van der Waals surface area contributed by atoms with Crippen LogP contribution in [0, 0.1) is 13.8 Å². The molecule has 166 valence electrons. The van der Waals surface area contributed by atoms with Gasteiger partial charge in [-0.3, -0.25) is 0 Å². The van der Waals surface area contributed by atoms with E-state index in [2.05, 4.69) is 4.98 Å². The van der Waals surface area contributed by atoms with Crippen LogP contribution >= 0.6 is 0 Å². The minimum atomic E-state index is -3.91. The van der Waals surface area contributed by atoms with Gasteiger partial charge < -0.3 is 0 Å². The van der Waals surface area contributed by atoms with Crippen molar-refractivity contribution in [3.05, 3.63) is 53.9 Å². The van der Waals surface area contributed by atoms with Gasteiger partial charge in [-0.2, -0.15) is 4.31 Å². The van der Waals surface area contributed by atoms with Gasteiger partial charge in [-0.1, -0.05) is 13.3 Å². The third kappa shape index (κ3) is 3.79. The number of rotatable bonds is 5. The van der Waals surface area contributed by atoms with Crippen LogP contribution in [0.4, 0.5) is 0 Å². The van der Waals surface area contributed by atoms with E-state index in [1.165, 1.54) is 30.6 Å². The lowest BCUT2D eigenvalue weighted by Gasteiger charge is -2.34. The molecule has 0 radical (unpaired) electrons. The zero-order valence-corrected chi connectivity index (χ0v) is 19.6. The predicted octanol–water partition coefficient (Wildman–Crippen LogP) is 3.84. The first kappa shape index (κ1) is 22.0.